The van der Waals surface area contributed by atoms with Crippen LogP contribution in [0.1, 0.15) is 60.1 Å². The van der Waals surface area contributed by atoms with E-state index >= 15 is 0 Å². The molecular weight excluding hydrogens is 280 g/mol. The van der Waals surface area contributed by atoms with Gasteiger partial charge in [-0.25, -0.2) is 0 Å². The highest BCUT2D eigenvalue weighted by molar-refractivity contribution is 5.77. The van der Waals surface area contributed by atoms with Gasteiger partial charge >= 0.3 is 11.9 Å². The van der Waals surface area contributed by atoms with Crippen molar-refractivity contribution in [3.05, 3.63) is 29.8 Å². The molecule has 1 aromatic carbocycles. The van der Waals surface area contributed by atoms with Crippen molar-refractivity contribution < 1.29 is 19.1 Å². The molecule has 1 rings (SSSR count). The quantitative estimate of drug-likeness (QED) is 0.617. The average molecular weight is 306 g/mol. The maximum absolute atomic E-state index is 11.9. The van der Waals surface area contributed by atoms with Gasteiger partial charge in [-0.2, -0.15) is 0 Å². The third kappa shape index (κ3) is 5.17. The normalized spacial score (nSPS) is 13.4. The second kappa shape index (κ2) is 6.51. The molecule has 122 valence electrons. The minimum Gasteiger partial charge on any atom is -0.457 e. The van der Waals surface area contributed by atoms with E-state index in [9.17, 15) is 9.59 Å². The summed E-state index contributed by atoms with van der Waals surface area (Å²) in [4.78, 5) is 23.2. The molecule has 0 amide bonds. The van der Waals surface area contributed by atoms with Crippen molar-refractivity contribution in [1.29, 1.82) is 0 Å². The number of carbonyl (C=O) groups excluding carboxylic acids is 2. The summed E-state index contributed by atoms with van der Waals surface area (Å²) in [5, 5.41) is 0. The van der Waals surface area contributed by atoms with E-state index in [-0.39, 0.29) is 23.5 Å². The summed E-state index contributed by atoms with van der Waals surface area (Å²) in [5.41, 5.74) is 0.0952. The Morgan fingerprint density at radius 3 is 1.82 bits per heavy atom. The lowest BCUT2D eigenvalue weighted by Crippen LogP contribution is -2.25. The lowest BCUT2D eigenvalue weighted by Gasteiger charge is -2.30. The maximum atomic E-state index is 11.9. The Balaban J connectivity index is 2.95. The molecule has 0 saturated carbocycles. The first kappa shape index (κ1) is 18.2. The molecule has 0 saturated heterocycles. The van der Waals surface area contributed by atoms with Gasteiger partial charge < -0.3 is 9.47 Å². The van der Waals surface area contributed by atoms with Crippen LogP contribution in [0.25, 0.3) is 0 Å². The van der Waals surface area contributed by atoms with Crippen molar-refractivity contribution in [3.63, 3.8) is 0 Å². The van der Waals surface area contributed by atoms with Gasteiger partial charge in [-0.1, -0.05) is 32.9 Å². The van der Waals surface area contributed by atoms with Crippen LogP contribution >= 0.6 is 0 Å². The standard InChI is InChI=1S/C18H26O4/c1-12(19)21-15(17(2,3)4)13-8-10-14(11-9-13)22-16(20)18(5,6)7/h8-11,15H,1-7H3. The molecule has 0 radical (unpaired) electrons. The summed E-state index contributed by atoms with van der Waals surface area (Å²) in [6, 6.07) is 7.09. The first-order valence-electron chi connectivity index (χ1n) is 7.41. The molecule has 0 bridgehead atoms. The van der Waals surface area contributed by atoms with Crippen LogP contribution in [0.3, 0.4) is 0 Å². The molecule has 0 aromatic heterocycles. The van der Waals surface area contributed by atoms with Gasteiger partial charge in [0.15, 0.2) is 0 Å². The van der Waals surface area contributed by atoms with Gasteiger partial charge in [-0.3, -0.25) is 9.59 Å². The molecule has 22 heavy (non-hydrogen) atoms. The van der Waals surface area contributed by atoms with Crippen molar-refractivity contribution in [3.8, 4) is 5.75 Å². The number of rotatable bonds is 3. The molecular formula is C18H26O4. The van der Waals surface area contributed by atoms with E-state index in [4.69, 9.17) is 9.47 Å². The minimum atomic E-state index is -0.551. The van der Waals surface area contributed by atoms with Gasteiger partial charge in [0.25, 0.3) is 0 Å². The molecule has 4 nitrogen and oxygen atoms in total. The third-order valence-corrected chi connectivity index (χ3v) is 3.08. The molecule has 0 aliphatic rings. The summed E-state index contributed by atoms with van der Waals surface area (Å²) in [6.07, 6.45) is -0.350. The first-order chi connectivity index (χ1) is 9.91. The zero-order valence-corrected chi connectivity index (χ0v) is 14.5. The van der Waals surface area contributed by atoms with Gasteiger partial charge in [0.1, 0.15) is 11.9 Å². The topological polar surface area (TPSA) is 52.6 Å². The number of carbonyl (C=O) groups is 2. The predicted molar refractivity (Wildman–Crippen MR) is 85.5 cm³/mol. The van der Waals surface area contributed by atoms with Gasteiger partial charge in [-0.15, -0.1) is 0 Å². The van der Waals surface area contributed by atoms with E-state index in [1.165, 1.54) is 6.92 Å². The molecule has 1 aromatic rings. The SMILES string of the molecule is CC(=O)OC(c1ccc(OC(=O)C(C)(C)C)cc1)C(C)(C)C. The Morgan fingerprint density at radius 2 is 1.45 bits per heavy atom. The fraction of sp³-hybridized carbons (Fsp3) is 0.556. The molecule has 1 atom stereocenters. The predicted octanol–water partition coefficient (Wildman–Crippen LogP) is 4.29. The second-order valence-corrected chi connectivity index (χ2v) is 7.56. The third-order valence-electron chi connectivity index (χ3n) is 3.08. The number of esters is 2. The number of hydrogen-bond donors (Lipinski definition) is 0. The second-order valence-electron chi connectivity index (χ2n) is 7.56. The van der Waals surface area contributed by atoms with E-state index in [0.29, 0.717) is 5.75 Å². The van der Waals surface area contributed by atoms with E-state index in [2.05, 4.69) is 0 Å². The van der Waals surface area contributed by atoms with Gasteiger partial charge in [-0.05, 0) is 38.5 Å². The minimum absolute atomic E-state index is 0.227. The van der Waals surface area contributed by atoms with Crippen molar-refractivity contribution in [2.45, 2.75) is 54.6 Å². The highest BCUT2D eigenvalue weighted by Gasteiger charge is 2.29. The summed E-state index contributed by atoms with van der Waals surface area (Å²) in [7, 11) is 0. The van der Waals surface area contributed by atoms with Crippen LogP contribution in [0.15, 0.2) is 24.3 Å². The monoisotopic (exact) mass is 306 g/mol. The maximum Gasteiger partial charge on any atom is 0.316 e. The molecule has 0 N–H and O–H groups in total. The van der Waals surface area contributed by atoms with Crippen LogP contribution in [0.5, 0.6) is 5.75 Å². The molecule has 1 unspecified atom stereocenters. The zero-order valence-electron chi connectivity index (χ0n) is 14.5. The largest absolute Gasteiger partial charge is 0.457 e. The van der Waals surface area contributed by atoms with Crippen molar-refractivity contribution >= 4 is 11.9 Å². The first-order valence-corrected chi connectivity index (χ1v) is 7.41. The van der Waals surface area contributed by atoms with E-state index in [1.54, 1.807) is 32.9 Å². The number of hydrogen-bond acceptors (Lipinski definition) is 4. The van der Waals surface area contributed by atoms with E-state index in [1.807, 2.05) is 32.9 Å². The Kier molecular flexibility index (Phi) is 5.39. The molecule has 0 aliphatic carbocycles. The van der Waals surface area contributed by atoms with Crippen molar-refractivity contribution in [2.24, 2.45) is 10.8 Å². The molecule has 4 heteroatoms. The van der Waals surface area contributed by atoms with Gasteiger partial charge in [0, 0.05) is 12.3 Å². The number of benzene rings is 1. The summed E-state index contributed by atoms with van der Waals surface area (Å²) in [5.74, 6) is -0.116. The van der Waals surface area contributed by atoms with Crippen LogP contribution in [-0.4, -0.2) is 11.9 Å². The molecule has 0 spiro atoms. The van der Waals surface area contributed by atoms with Crippen LogP contribution in [0, 0.1) is 10.8 Å². The zero-order chi connectivity index (χ0) is 17.1. The molecule has 0 heterocycles. The lowest BCUT2D eigenvalue weighted by molar-refractivity contribution is -0.152. The van der Waals surface area contributed by atoms with Gasteiger partial charge in [0.05, 0.1) is 5.41 Å². The fourth-order valence-corrected chi connectivity index (χ4v) is 1.88. The van der Waals surface area contributed by atoms with Crippen molar-refractivity contribution in [2.75, 3.05) is 0 Å². The average Bonchev–Trinajstić information content (AvgIpc) is 2.34. The van der Waals surface area contributed by atoms with Crippen molar-refractivity contribution in [1.82, 2.24) is 0 Å². The summed E-state index contributed by atoms with van der Waals surface area (Å²) >= 11 is 0. The highest BCUT2D eigenvalue weighted by Crippen LogP contribution is 2.36. The van der Waals surface area contributed by atoms with Gasteiger partial charge in [0.2, 0.25) is 0 Å². The Hall–Kier alpha value is -1.84. The Bertz CT molecular complexity index is 530. The fourth-order valence-electron chi connectivity index (χ4n) is 1.88. The Morgan fingerprint density at radius 1 is 0.955 bits per heavy atom. The smallest absolute Gasteiger partial charge is 0.316 e. The van der Waals surface area contributed by atoms with E-state index < -0.39 is 5.41 Å². The lowest BCUT2D eigenvalue weighted by atomic mass is 9.84. The van der Waals surface area contributed by atoms with Crippen LogP contribution < -0.4 is 4.74 Å². The number of ether oxygens (including phenoxy) is 2. The highest BCUT2D eigenvalue weighted by atomic mass is 16.5. The summed E-state index contributed by atoms with van der Waals surface area (Å²) in [6.45, 7) is 12.8. The molecule has 0 aliphatic heterocycles. The van der Waals surface area contributed by atoms with Crippen LogP contribution in [0.2, 0.25) is 0 Å². The van der Waals surface area contributed by atoms with E-state index in [0.717, 1.165) is 5.56 Å². The molecule has 0 fully saturated rings. The Labute approximate surface area is 132 Å². The van der Waals surface area contributed by atoms with Crippen LogP contribution in [-0.2, 0) is 14.3 Å². The van der Waals surface area contributed by atoms with Crippen LogP contribution in [0.4, 0.5) is 0 Å². The summed E-state index contributed by atoms with van der Waals surface area (Å²) < 4.78 is 10.8.